The number of amides is 1. The van der Waals surface area contributed by atoms with Crippen molar-refractivity contribution >= 4 is 29.3 Å². The minimum Gasteiger partial charge on any atom is -0.321 e. The second-order valence-electron chi connectivity index (χ2n) is 6.18. The molecule has 0 saturated carbocycles. The molecule has 0 bridgehead atoms. The molecule has 4 heteroatoms. The van der Waals surface area contributed by atoms with Gasteiger partial charge in [-0.1, -0.05) is 54.1 Å². The molecule has 1 aromatic heterocycles. The molecule has 1 amide bonds. The van der Waals surface area contributed by atoms with Crippen LogP contribution in [0.1, 0.15) is 28.0 Å². The van der Waals surface area contributed by atoms with E-state index >= 15 is 0 Å². The molecule has 0 unspecified atom stereocenters. The molecule has 4 rings (SSSR count). The standard InChI is InChI=1S/C22H17ClN2O/c23-20-9-4-14-24-21(20)22(26)25-17-12-10-16(11-13-17)19-8-3-6-15-5-1-2-7-18(15)19/h2-4,6-14H,1,5H2,(H,25,26). The fraction of sp³-hybridized carbons (Fsp3) is 0.0909. The minimum atomic E-state index is -0.316. The average molecular weight is 361 g/mol. The van der Waals surface area contributed by atoms with E-state index in [1.54, 1.807) is 18.3 Å². The van der Waals surface area contributed by atoms with Gasteiger partial charge in [0.15, 0.2) is 0 Å². The lowest BCUT2D eigenvalue weighted by atomic mass is 9.90. The number of rotatable bonds is 3. The van der Waals surface area contributed by atoms with E-state index in [0.29, 0.717) is 10.7 Å². The summed E-state index contributed by atoms with van der Waals surface area (Å²) < 4.78 is 0. The van der Waals surface area contributed by atoms with E-state index in [2.05, 4.69) is 40.7 Å². The van der Waals surface area contributed by atoms with Gasteiger partial charge in [0.25, 0.3) is 5.91 Å². The van der Waals surface area contributed by atoms with Crippen molar-refractivity contribution < 1.29 is 4.79 Å². The monoisotopic (exact) mass is 360 g/mol. The zero-order valence-corrected chi connectivity index (χ0v) is 14.8. The van der Waals surface area contributed by atoms with Crippen molar-refractivity contribution in [2.24, 2.45) is 0 Å². The fourth-order valence-electron chi connectivity index (χ4n) is 3.20. The first-order valence-electron chi connectivity index (χ1n) is 8.53. The summed E-state index contributed by atoms with van der Waals surface area (Å²) in [6.45, 7) is 0. The SMILES string of the molecule is O=C(Nc1ccc(-c2cccc3c2C=CCC3)cc1)c1ncccc1Cl. The highest BCUT2D eigenvalue weighted by Gasteiger charge is 2.13. The topological polar surface area (TPSA) is 42.0 Å². The molecular formula is C22H17ClN2O. The first kappa shape index (κ1) is 16.6. The van der Waals surface area contributed by atoms with Crippen molar-refractivity contribution in [2.45, 2.75) is 12.8 Å². The van der Waals surface area contributed by atoms with Gasteiger partial charge in [0.2, 0.25) is 0 Å². The number of fused-ring (bicyclic) bond motifs is 1. The summed E-state index contributed by atoms with van der Waals surface area (Å²) in [6.07, 6.45) is 8.15. The average Bonchev–Trinajstić information content (AvgIpc) is 2.68. The number of nitrogens with zero attached hydrogens (tertiary/aromatic N) is 1. The lowest BCUT2D eigenvalue weighted by Crippen LogP contribution is -2.14. The van der Waals surface area contributed by atoms with Gasteiger partial charge in [-0.2, -0.15) is 0 Å². The number of halogens is 1. The fourth-order valence-corrected chi connectivity index (χ4v) is 3.40. The highest BCUT2D eigenvalue weighted by atomic mass is 35.5. The van der Waals surface area contributed by atoms with Gasteiger partial charge in [0.05, 0.1) is 5.02 Å². The summed E-state index contributed by atoms with van der Waals surface area (Å²) in [5.74, 6) is -0.316. The van der Waals surface area contributed by atoms with Crippen LogP contribution in [-0.2, 0) is 6.42 Å². The summed E-state index contributed by atoms with van der Waals surface area (Å²) in [5.41, 5.74) is 5.94. The van der Waals surface area contributed by atoms with Gasteiger partial charge in [-0.3, -0.25) is 4.79 Å². The maximum atomic E-state index is 12.3. The van der Waals surface area contributed by atoms with Crippen LogP contribution in [0.5, 0.6) is 0 Å². The molecule has 3 nitrogen and oxygen atoms in total. The molecule has 1 aliphatic rings. The van der Waals surface area contributed by atoms with Crippen LogP contribution in [0.2, 0.25) is 5.02 Å². The summed E-state index contributed by atoms with van der Waals surface area (Å²) in [6, 6.07) is 17.6. The smallest absolute Gasteiger partial charge is 0.275 e. The number of hydrogen-bond acceptors (Lipinski definition) is 2. The van der Waals surface area contributed by atoms with Crippen LogP contribution in [0.25, 0.3) is 17.2 Å². The van der Waals surface area contributed by atoms with Crippen LogP contribution in [0.3, 0.4) is 0 Å². The van der Waals surface area contributed by atoms with Crippen molar-refractivity contribution in [3.63, 3.8) is 0 Å². The lowest BCUT2D eigenvalue weighted by Gasteiger charge is -2.15. The number of aromatic nitrogens is 1. The van der Waals surface area contributed by atoms with Crippen molar-refractivity contribution in [2.75, 3.05) is 5.32 Å². The second kappa shape index (κ2) is 7.14. The van der Waals surface area contributed by atoms with Crippen LogP contribution < -0.4 is 5.32 Å². The number of carbonyl (C=O) groups excluding carboxylic acids is 1. The van der Waals surface area contributed by atoms with Gasteiger partial charge in [-0.25, -0.2) is 4.98 Å². The minimum absolute atomic E-state index is 0.223. The van der Waals surface area contributed by atoms with E-state index in [9.17, 15) is 4.79 Å². The van der Waals surface area contributed by atoms with Gasteiger partial charge in [0, 0.05) is 11.9 Å². The second-order valence-corrected chi connectivity index (χ2v) is 6.59. The number of allylic oxidation sites excluding steroid dienone is 1. The molecule has 128 valence electrons. The molecule has 0 aliphatic heterocycles. The third-order valence-corrected chi connectivity index (χ3v) is 4.79. The van der Waals surface area contributed by atoms with Gasteiger partial charge in [0.1, 0.15) is 5.69 Å². The Labute approximate surface area is 157 Å². The highest BCUT2D eigenvalue weighted by molar-refractivity contribution is 6.34. The van der Waals surface area contributed by atoms with Gasteiger partial charge < -0.3 is 5.32 Å². The summed E-state index contributed by atoms with van der Waals surface area (Å²) >= 11 is 6.03. The lowest BCUT2D eigenvalue weighted by molar-refractivity contribution is 0.102. The number of hydrogen-bond donors (Lipinski definition) is 1. The molecule has 1 aliphatic carbocycles. The van der Waals surface area contributed by atoms with Crippen molar-refractivity contribution in [3.05, 3.63) is 88.7 Å². The predicted molar refractivity (Wildman–Crippen MR) is 106 cm³/mol. The molecule has 0 spiro atoms. The maximum absolute atomic E-state index is 12.3. The van der Waals surface area contributed by atoms with Gasteiger partial charge in [-0.15, -0.1) is 0 Å². The maximum Gasteiger partial charge on any atom is 0.275 e. The number of benzene rings is 2. The molecule has 2 aromatic carbocycles. The quantitative estimate of drug-likeness (QED) is 0.659. The normalized spacial score (nSPS) is 12.5. The first-order chi connectivity index (χ1) is 12.7. The molecule has 1 heterocycles. The zero-order chi connectivity index (χ0) is 17.9. The van der Waals surface area contributed by atoms with E-state index < -0.39 is 0 Å². The Hall–Kier alpha value is -2.91. The predicted octanol–water partition coefficient (Wildman–Crippen LogP) is 5.61. The molecule has 0 radical (unpaired) electrons. The van der Waals surface area contributed by atoms with Crippen LogP contribution in [-0.4, -0.2) is 10.9 Å². The third kappa shape index (κ3) is 3.26. The Morgan fingerprint density at radius 2 is 1.88 bits per heavy atom. The zero-order valence-electron chi connectivity index (χ0n) is 14.1. The Kier molecular flexibility index (Phi) is 4.55. The number of pyridine rings is 1. The largest absolute Gasteiger partial charge is 0.321 e. The molecular weight excluding hydrogens is 344 g/mol. The van der Waals surface area contributed by atoms with Crippen molar-refractivity contribution in [1.29, 1.82) is 0 Å². The molecule has 0 fully saturated rings. The van der Waals surface area contributed by atoms with Crippen LogP contribution in [0.4, 0.5) is 5.69 Å². The van der Waals surface area contributed by atoms with Crippen LogP contribution in [0, 0.1) is 0 Å². The molecule has 0 saturated heterocycles. The van der Waals surface area contributed by atoms with E-state index in [1.165, 1.54) is 16.7 Å². The molecule has 1 N–H and O–H groups in total. The van der Waals surface area contributed by atoms with E-state index in [4.69, 9.17) is 11.6 Å². The van der Waals surface area contributed by atoms with E-state index in [1.807, 2.05) is 24.3 Å². The van der Waals surface area contributed by atoms with Crippen molar-refractivity contribution in [1.82, 2.24) is 4.98 Å². The molecule has 0 atom stereocenters. The van der Waals surface area contributed by atoms with Gasteiger partial charge >= 0.3 is 0 Å². The summed E-state index contributed by atoms with van der Waals surface area (Å²) in [5, 5.41) is 3.18. The molecule has 26 heavy (non-hydrogen) atoms. The van der Waals surface area contributed by atoms with E-state index in [0.717, 1.165) is 18.4 Å². The number of carbonyl (C=O) groups is 1. The Bertz CT molecular complexity index is 993. The van der Waals surface area contributed by atoms with Crippen LogP contribution in [0.15, 0.2) is 66.9 Å². The van der Waals surface area contributed by atoms with Crippen molar-refractivity contribution in [3.8, 4) is 11.1 Å². The Balaban J connectivity index is 1.58. The summed E-state index contributed by atoms with van der Waals surface area (Å²) in [4.78, 5) is 16.4. The van der Waals surface area contributed by atoms with Crippen LogP contribution >= 0.6 is 11.6 Å². The number of anilines is 1. The molecule has 3 aromatic rings. The summed E-state index contributed by atoms with van der Waals surface area (Å²) in [7, 11) is 0. The van der Waals surface area contributed by atoms with E-state index in [-0.39, 0.29) is 11.6 Å². The third-order valence-electron chi connectivity index (χ3n) is 4.49. The first-order valence-corrected chi connectivity index (χ1v) is 8.91. The Morgan fingerprint density at radius 1 is 1.04 bits per heavy atom. The number of nitrogens with one attached hydrogen (secondary N) is 1. The van der Waals surface area contributed by atoms with Gasteiger partial charge in [-0.05, 0) is 59.4 Å². The highest BCUT2D eigenvalue weighted by Crippen LogP contribution is 2.31. The number of aryl methyl sites for hydroxylation is 1. The Morgan fingerprint density at radius 3 is 2.69 bits per heavy atom.